The Morgan fingerprint density at radius 2 is 0.611 bits per heavy atom. The fourth-order valence-electron chi connectivity index (χ4n) is 15.3. The van der Waals surface area contributed by atoms with Crippen molar-refractivity contribution >= 4 is 22.1 Å². The molecule has 108 heavy (non-hydrogen) atoms. The monoisotopic (exact) mass is 1440 g/mol. The minimum absolute atomic E-state index is 0.462. The van der Waals surface area contributed by atoms with Crippen molar-refractivity contribution in [1.29, 1.82) is 0 Å². The largest absolute Gasteiger partial charge is 0.295 e. The molecule has 0 radical (unpaired) electrons. The quantitative estimate of drug-likeness (QED) is 0.0865. The molecule has 0 saturated heterocycles. The van der Waals surface area contributed by atoms with Gasteiger partial charge in [0.1, 0.15) is 47.5 Å². The highest BCUT2D eigenvalue weighted by atomic mass is 15.2. The smallest absolute Gasteiger partial charge is 0.232 e. The van der Waals surface area contributed by atoms with Gasteiger partial charge in [0.2, 0.25) is 0 Å². The van der Waals surface area contributed by atoms with Crippen molar-refractivity contribution in [2.75, 3.05) is 0 Å². The van der Waals surface area contributed by atoms with Crippen LogP contribution in [0.4, 0.5) is 0 Å². The summed E-state index contributed by atoms with van der Waals surface area (Å²) in [5.74, 6) is 1.70. The van der Waals surface area contributed by atoms with Crippen LogP contribution in [-0.4, -0.2) is 18.3 Å². The lowest BCUT2D eigenvalue weighted by molar-refractivity contribution is -0.659. The Labute approximate surface area is 654 Å². The predicted octanol–water partition coefficient (Wildman–Crippen LogP) is 24.4. The number of para-hydroxylation sites is 6. The van der Waals surface area contributed by atoms with Crippen molar-refractivity contribution in [1.82, 2.24) is 18.3 Å². The van der Waals surface area contributed by atoms with Crippen molar-refractivity contribution in [3.63, 3.8) is 0 Å². The zero-order chi connectivity index (χ0) is 82.3. The van der Waals surface area contributed by atoms with Crippen molar-refractivity contribution in [2.45, 2.75) is 186 Å². The summed E-state index contributed by atoms with van der Waals surface area (Å²) in [6.07, 6.45) is 8.44. The average molecular weight is 1440 g/mol. The molecule has 8 nitrogen and oxygen atoms in total. The Hall–Kier alpha value is -10.4. The minimum Gasteiger partial charge on any atom is -0.232 e. The molecule has 0 aliphatic carbocycles. The molecule has 0 saturated carbocycles. The van der Waals surface area contributed by atoms with Crippen molar-refractivity contribution in [3.05, 3.63) is 310 Å². The number of benzene rings is 10. The Balaban J connectivity index is 0.000000150. The summed E-state index contributed by atoms with van der Waals surface area (Å²) in [7, 11) is 8.41. The van der Waals surface area contributed by atoms with E-state index in [1.807, 2.05) is 131 Å². The summed E-state index contributed by atoms with van der Waals surface area (Å²) in [5.41, 5.74) is 27.3. The second-order valence-corrected chi connectivity index (χ2v) is 31.3. The molecule has 4 heterocycles. The first kappa shape index (κ1) is 71.8. The van der Waals surface area contributed by atoms with E-state index in [-0.39, 0.29) is 0 Å². The molecule has 0 N–H and O–H groups in total. The number of hydrogen-bond acceptors (Lipinski definition) is 0. The van der Waals surface area contributed by atoms with E-state index in [1.165, 1.54) is 84.1 Å². The van der Waals surface area contributed by atoms with Crippen LogP contribution in [0.15, 0.2) is 243 Å². The van der Waals surface area contributed by atoms with Gasteiger partial charge in [0, 0.05) is 40.2 Å². The lowest BCUT2D eigenvalue weighted by atomic mass is 9.87. The van der Waals surface area contributed by atoms with Gasteiger partial charge in [-0.1, -0.05) is 269 Å². The molecule has 14 rings (SSSR count). The van der Waals surface area contributed by atoms with Gasteiger partial charge in [-0.3, -0.25) is 0 Å². The van der Waals surface area contributed by atoms with Crippen LogP contribution in [-0.2, 0) is 28.2 Å². The first-order valence-electron chi connectivity index (χ1n) is 41.1. The van der Waals surface area contributed by atoms with Crippen molar-refractivity contribution in [2.24, 2.45) is 28.2 Å². The lowest BCUT2D eigenvalue weighted by Gasteiger charge is -2.21. The van der Waals surface area contributed by atoms with Crippen LogP contribution in [0, 0.1) is 27.7 Å². The Morgan fingerprint density at radius 3 is 0.972 bits per heavy atom. The van der Waals surface area contributed by atoms with Gasteiger partial charge >= 0.3 is 0 Å². The first-order chi connectivity index (χ1) is 53.1. The summed E-state index contributed by atoms with van der Waals surface area (Å²) in [4.78, 5) is 0. The highest BCUT2D eigenvalue weighted by molar-refractivity contribution is 5.82. The third kappa shape index (κ3) is 15.9. The van der Waals surface area contributed by atoms with E-state index in [0.29, 0.717) is 17.8 Å². The third-order valence-electron chi connectivity index (χ3n) is 21.3. The molecule has 0 fully saturated rings. The maximum atomic E-state index is 8.95. The zero-order valence-corrected chi connectivity index (χ0v) is 68.9. The highest BCUT2D eigenvalue weighted by Crippen LogP contribution is 2.41. The predicted molar refractivity (Wildman–Crippen MR) is 456 cm³/mol. The number of nitrogens with zero attached hydrogens (tertiary/aromatic N) is 8. The standard InChI is InChI=1S/C27H31N2.2C26H35N2.C21H19N2/c1-18(2)21-14-11-15-22(19(3)4)26(21)29-25-17-10-9-16-24(25)28(6)27(29)23-13-8-7-12-20(23)5;2*1-17(2)21-15-23(18(3)4)25(24(16-21)19(5)6)28-14-13-27(8)26(28)22-12-10-9-11-20(22)7;1-16-10-6-7-13-18(16)21-22(2)19-14-8-9-15-20(19)23(21)17-11-4-3-5-12-17/h7-19H,1-6H3;2*9-19H,1-8H3;3-15H,1-2H3/q4*+1/i18D,19D;17D,18D,19D;;. The number of hydrogen-bond donors (Lipinski definition) is 0. The third-order valence-corrected chi connectivity index (χ3v) is 21.3. The van der Waals surface area contributed by atoms with Crippen LogP contribution in [0.1, 0.15) is 232 Å². The molecule has 0 unspecified atom stereocenters. The topological polar surface area (TPSA) is 35.2 Å². The molecule has 8 heteroatoms. The highest BCUT2D eigenvalue weighted by Gasteiger charge is 2.34. The molecule has 0 spiro atoms. The van der Waals surface area contributed by atoms with E-state index in [4.69, 9.17) is 6.85 Å². The van der Waals surface area contributed by atoms with E-state index in [0.717, 1.165) is 73.0 Å². The van der Waals surface area contributed by atoms with Gasteiger partial charge in [-0.2, -0.15) is 18.3 Å². The second-order valence-electron chi connectivity index (χ2n) is 31.3. The zero-order valence-electron chi connectivity index (χ0n) is 73.9. The van der Waals surface area contributed by atoms with Crippen LogP contribution >= 0.6 is 0 Å². The van der Waals surface area contributed by atoms with E-state index in [1.54, 1.807) is 0 Å². The van der Waals surface area contributed by atoms with E-state index in [2.05, 4.69) is 315 Å². The molecule has 14 aromatic rings. The van der Waals surface area contributed by atoms with Gasteiger partial charge < -0.3 is 0 Å². The fourth-order valence-corrected chi connectivity index (χ4v) is 15.3. The van der Waals surface area contributed by atoms with E-state index < -0.39 is 29.5 Å². The van der Waals surface area contributed by atoms with Gasteiger partial charge in [-0.15, -0.1) is 0 Å². The van der Waals surface area contributed by atoms with Crippen molar-refractivity contribution in [3.8, 4) is 68.3 Å². The summed E-state index contributed by atoms with van der Waals surface area (Å²) in [6, 6.07) is 76.3. The van der Waals surface area contributed by atoms with Gasteiger partial charge in [0.25, 0.3) is 23.3 Å². The second kappa shape index (κ2) is 33.8. The molecule has 10 aromatic carbocycles. The summed E-state index contributed by atoms with van der Waals surface area (Å²) in [5, 5.41) is 0. The number of fused-ring (bicyclic) bond motifs is 2. The molecule has 0 atom stereocenters. The lowest BCUT2D eigenvalue weighted by Crippen LogP contribution is -2.30. The summed E-state index contributed by atoms with van der Waals surface area (Å²) >= 11 is 0. The van der Waals surface area contributed by atoms with Crippen LogP contribution < -0.4 is 18.3 Å². The number of aryl methyl sites for hydroxylation is 8. The SMILES string of the molecule is Cc1ccccc1-c1n(-c2c(C(C)C)cc(C(C)C)cc2C(C)C)cc[n+]1C.Cc1ccccc1-c1n(-c2ccccc2)c2ccccc2[n+]1C.[2H]C(C)(C)c1cc(C([2H])(C)C)c(-n2cc[n+](C)c2-c2ccccc2C)c(C([2H])(C)C)c1.[2H]C(C)(C)c1cccc(C([2H])(C)C)c1-n1c(-c2ccccc2C)[n+](C)c2ccccc21. The van der Waals surface area contributed by atoms with Crippen LogP contribution in [0.25, 0.3) is 90.4 Å². The normalized spacial score (nSPS) is 12.8. The van der Waals surface area contributed by atoms with Gasteiger partial charge in [-0.05, 0) is 169 Å². The summed E-state index contributed by atoms with van der Waals surface area (Å²) in [6.45, 7) is 41.3. The number of aromatic nitrogens is 8. The molecule has 0 amide bonds. The van der Waals surface area contributed by atoms with Gasteiger partial charge in [0.05, 0.1) is 50.4 Å². The van der Waals surface area contributed by atoms with Crippen molar-refractivity contribution < 1.29 is 25.1 Å². The Bertz CT molecular complexity index is 5650. The van der Waals surface area contributed by atoms with Gasteiger partial charge in [0.15, 0.2) is 22.1 Å². The first-order valence-corrected chi connectivity index (χ1v) is 38.6. The molecule has 0 aliphatic heterocycles. The molecule has 0 aliphatic rings. The average Bonchev–Trinajstić information content (AvgIpc) is 1.65. The molecule has 0 bridgehead atoms. The molecule has 556 valence electrons. The van der Waals surface area contributed by atoms with Crippen LogP contribution in [0.5, 0.6) is 0 Å². The molecular formula is C100H120N8+4. The number of rotatable bonds is 16. The minimum atomic E-state index is -0.900. The number of imidazole rings is 4. The summed E-state index contributed by atoms with van der Waals surface area (Å²) < 4.78 is 62.3. The fraction of sp³-hybridized carbons (Fsp3) is 0.320. The van der Waals surface area contributed by atoms with Crippen LogP contribution in [0.3, 0.4) is 0 Å². The van der Waals surface area contributed by atoms with Crippen LogP contribution in [0.2, 0.25) is 0 Å². The molecule has 4 aromatic heterocycles. The Kier molecular flexibility index (Phi) is 22.5. The van der Waals surface area contributed by atoms with Gasteiger partial charge in [-0.25, -0.2) is 18.3 Å². The van der Waals surface area contributed by atoms with E-state index in [9.17, 15) is 0 Å². The Morgan fingerprint density at radius 1 is 0.287 bits per heavy atom. The molecular weight excluding hydrogens is 1310 g/mol. The maximum absolute atomic E-state index is 8.95. The maximum Gasteiger partial charge on any atom is 0.295 e. The van der Waals surface area contributed by atoms with E-state index >= 15 is 0 Å².